The lowest BCUT2D eigenvalue weighted by molar-refractivity contribution is 0.150. The molecule has 2 heteroatoms. The van der Waals surface area contributed by atoms with E-state index in [9.17, 15) is 10.2 Å². The van der Waals surface area contributed by atoms with Gasteiger partial charge in [-0.15, -0.1) is 5.92 Å². The summed E-state index contributed by atoms with van der Waals surface area (Å²) < 4.78 is 0. The molecule has 0 atom stereocenters. The highest BCUT2D eigenvalue weighted by atomic mass is 16.3. The fourth-order valence-corrected chi connectivity index (χ4v) is 5.24. The maximum absolute atomic E-state index is 11.5. The molecular weight excluding hydrogens is 464 g/mol. The Hall–Kier alpha value is -4.08. The highest BCUT2D eigenvalue weighted by Gasteiger charge is 2.39. The Bertz CT molecular complexity index is 1500. The molecule has 2 N–H and O–H groups in total. The summed E-state index contributed by atoms with van der Waals surface area (Å²) in [5.74, 6) is 13.1. The van der Waals surface area contributed by atoms with Crippen molar-refractivity contribution in [2.75, 3.05) is 0 Å². The molecule has 2 nitrogen and oxygen atoms in total. The summed E-state index contributed by atoms with van der Waals surface area (Å²) in [5, 5.41) is 21.2. The molecular formula is C36H32O2. The van der Waals surface area contributed by atoms with Crippen molar-refractivity contribution in [3.63, 3.8) is 0 Å². The summed E-state index contributed by atoms with van der Waals surface area (Å²) in [5.41, 5.74) is 7.00. The Morgan fingerprint density at radius 1 is 0.526 bits per heavy atom. The summed E-state index contributed by atoms with van der Waals surface area (Å²) in [6.45, 7) is 0.0282. The lowest BCUT2D eigenvalue weighted by Crippen LogP contribution is -2.22. The highest BCUT2D eigenvalue weighted by Crippen LogP contribution is 2.46. The molecule has 188 valence electrons. The minimum absolute atomic E-state index is 0.0282. The van der Waals surface area contributed by atoms with Gasteiger partial charge >= 0.3 is 0 Å². The van der Waals surface area contributed by atoms with E-state index in [0.29, 0.717) is 6.42 Å². The monoisotopic (exact) mass is 496 g/mol. The minimum atomic E-state index is -1.23. The van der Waals surface area contributed by atoms with Crippen LogP contribution >= 0.6 is 0 Å². The van der Waals surface area contributed by atoms with Crippen molar-refractivity contribution >= 4 is 0 Å². The van der Waals surface area contributed by atoms with Crippen molar-refractivity contribution in [1.29, 1.82) is 0 Å². The molecule has 1 aliphatic carbocycles. The second-order valence-corrected chi connectivity index (χ2v) is 9.67. The number of unbranched alkanes of at least 4 members (excludes halogenated alkanes) is 4. The van der Waals surface area contributed by atoms with E-state index < -0.39 is 5.60 Å². The Kier molecular flexibility index (Phi) is 8.06. The standard InChI is InChI=1S/C36H32O2/c37-27-29-19-9-11-21-31(29)30-20-10-8-18-28(30)17-7-5-3-1-2-4-6-16-26-36(38)34-24-14-12-22-32(34)33-23-13-15-25-35(33)36/h8-15,18-25,37-38H,1-4,6,17,27H2. The zero-order chi connectivity index (χ0) is 26.2. The first-order valence-electron chi connectivity index (χ1n) is 13.4. The van der Waals surface area contributed by atoms with E-state index in [4.69, 9.17) is 0 Å². The molecule has 0 heterocycles. The highest BCUT2D eigenvalue weighted by molar-refractivity contribution is 5.81. The number of benzene rings is 4. The van der Waals surface area contributed by atoms with E-state index in [1.54, 1.807) is 0 Å². The maximum atomic E-state index is 11.5. The first kappa shape index (κ1) is 25.6. The topological polar surface area (TPSA) is 40.5 Å². The minimum Gasteiger partial charge on any atom is -0.392 e. The van der Waals surface area contributed by atoms with E-state index in [-0.39, 0.29) is 6.61 Å². The molecule has 4 aromatic rings. The van der Waals surface area contributed by atoms with E-state index in [1.807, 2.05) is 66.7 Å². The molecule has 0 fully saturated rings. The van der Waals surface area contributed by atoms with E-state index in [0.717, 1.165) is 71.0 Å². The number of hydrogen-bond donors (Lipinski definition) is 2. The predicted molar refractivity (Wildman–Crippen MR) is 155 cm³/mol. The summed E-state index contributed by atoms with van der Waals surface area (Å²) in [6, 6.07) is 32.3. The van der Waals surface area contributed by atoms with Gasteiger partial charge in [0.1, 0.15) is 0 Å². The van der Waals surface area contributed by atoms with Crippen LogP contribution in [0.25, 0.3) is 22.3 Å². The molecule has 0 aromatic heterocycles. The third-order valence-corrected chi connectivity index (χ3v) is 7.20. The van der Waals surface area contributed by atoms with Crippen LogP contribution in [0.5, 0.6) is 0 Å². The van der Waals surface area contributed by atoms with Gasteiger partial charge in [0.25, 0.3) is 0 Å². The van der Waals surface area contributed by atoms with Crippen LogP contribution in [0.4, 0.5) is 0 Å². The third kappa shape index (κ3) is 5.29. The van der Waals surface area contributed by atoms with E-state index in [1.165, 1.54) is 5.56 Å². The van der Waals surface area contributed by atoms with E-state index >= 15 is 0 Å². The van der Waals surface area contributed by atoms with Gasteiger partial charge in [-0.05, 0) is 46.2 Å². The summed E-state index contributed by atoms with van der Waals surface area (Å²) in [6.07, 6.45) is 5.43. The molecule has 0 radical (unpaired) electrons. The molecule has 4 aromatic carbocycles. The van der Waals surface area contributed by atoms with Crippen LogP contribution in [0, 0.1) is 23.7 Å². The Morgan fingerprint density at radius 3 is 1.66 bits per heavy atom. The molecule has 0 bridgehead atoms. The number of fused-ring (bicyclic) bond motifs is 3. The molecule has 0 amide bonds. The Morgan fingerprint density at radius 2 is 1.03 bits per heavy atom. The van der Waals surface area contributed by atoms with Crippen molar-refractivity contribution in [3.05, 3.63) is 119 Å². The first-order chi connectivity index (χ1) is 18.7. The van der Waals surface area contributed by atoms with Gasteiger partial charge in [-0.2, -0.15) is 0 Å². The van der Waals surface area contributed by atoms with E-state index in [2.05, 4.69) is 54.0 Å². The molecule has 0 aliphatic heterocycles. The number of aliphatic hydroxyl groups excluding tert-OH is 1. The fourth-order valence-electron chi connectivity index (χ4n) is 5.24. The van der Waals surface area contributed by atoms with Gasteiger partial charge in [-0.3, -0.25) is 0 Å². The Labute approximate surface area is 226 Å². The number of hydrogen-bond acceptors (Lipinski definition) is 2. The van der Waals surface area contributed by atoms with Crippen LogP contribution in [-0.4, -0.2) is 10.2 Å². The van der Waals surface area contributed by atoms with Gasteiger partial charge in [0.2, 0.25) is 0 Å². The van der Waals surface area contributed by atoms with Gasteiger partial charge in [-0.1, -0.05) is 121 Å². The first-order valence-corrected chi connectivity index (χ1v) is 13.4. The lowest BCUT2D eigenvalue weighted by Gasteiger charge is -2.18. The van der Waals surface area contributed by atoms with Gasteiger partial charge in [0.15, 0.2) is 5.60 Å². The molecule has 0 saturated carbocycles. The van der Waals surface area contributed by atoms with Gasteiger partial charge in [0.05, 0.1) is 6.61 Å². The van der Waals surface area contributed by atoms with Crippen molar-refractivity contribution in [2.45, 2.75) is 50.7 Å². The van der Waals surface area contributed by atoms with Gasteiger partial charge in [0, 0.05) is 30.4 Å². The average Bonchev–Trinajstić information content (AvgIpc) is 3.23. The maximum Gasteiger partial charge on any atom is 0.178 e. The van der Waals surface area contributed by atoms with Crippen molar-refractivity contribution < 1.29 is 10.2 Å². The zero-order valence-electron chi connectivity index (χ0n) is 21.6. The summed E-state index contributed by atoms with van der Waals surface area (Å²) in [4.78, 5) is 0. The lowest BCUT2D eigenvalue weighted by atomic mass is 9.92. The zero-order valence-corrected chi connectivity index (χ0v) is 21.6. The SMILES string of the molecule is OCc1ccccc1-c1ccccc1CC#CCCCCCC#CC1(O)c2ccccc2-c2ccccc21. The smallest absolute Gasteiger partial charge is 0.178 e. The largest absolute Gasteiger partial charge is 0.392 e. The summed E-state index contributed by atoms with van der Waals surface area (Å²) in [7, 11) is 0. The number of rotatable bonds is 7. The Balaban J connectivity index is 1.12. The summed E-state index contributed by atoms with van der Waals surface area (Å²) >= 11 is 0. The van der Waals surface area contributed by atoms with Crippen LogP contribution in [0.1, 0.15) is 54.4 Å². The van der Waals surface area contributed by atoms with Gasteiger partial charge in [-0.25, -0.2) is 0 Å². The molecule has 0 spiro atoms. The van der Waals surface area contributed by atoms with Crippen LogP contribution in [0.3, 0.4) is 0 Å². The molecule has 38 heavy (non-hydrogen) atoms. The normalized spacial score (nSPS) is 12.5. The van der Waals surface area contributed by atoms with Crippen LogP contribution in [-0.2, 0) is 18.6 Å². The predicted octanol–water partition coefficient (Wildman–Crippen LogP) is 7.26. The van der Waals surface area contributed by atoms with Crippen molar-refractivity contribution in [1.82, 2.24) is 0 Å². The molecule has 1 aliphatic rings. The second-order valence-electron chi connectivity index (χ2n) is 9.67. The fraction of sp³-hybridized carbons (Fsp3) is 0.222. The van der Waals surface area contributed by atoms with Crippen LogP contribution in [0.2, 0.25) is 0 Å². The van der Waals surface area contributed by atoms with Crippen molar-refractivity contribution in [3.8, 4) is 45.9 Å². The van der Waals surface area contributed by atoms with Crippen LogP contribution in [0.15, 0.2) is 97.1 Å². The molecule has 0 unspecified atom stereocenters. The van der Waals surface area contributed by atoms with Gasteiger partial charge < -0.3 is 10.2 Å². The number of aliphatic hydroxyl groups is 2. The third-order valence-electron chi connectivity index (χ3n) is 7.20. The molecule has 5 rings (SSSR count). The quantitative estimate of drug-likeness (QED) is 0.209. The molecule has 0 saturated heterocycles. The van der Waals surface area contributed by atoms with Crippen LogP contribution < -0.4 is 0 Å². The van der Waals surface area contributed by atoms with Crippen molar-refractivity contribution in [2.24, 2.45) is 0 Å². The second kappa shape index (κ2) is 12.0. The average molecular weight is 497 g/mol.